The highest BCUT2D eigenvalue weighted by Gasteiger charge is 2.28. The Morgan fingerprint density at radius 2 is 1.96 bits per heavy atom. The minimum atomic E-state index is -3.18. The molecule has 26 heavy (non-hydrogen) atoms. The number of sulfonamides is 1. The first-order valence-corrected chi connectivity index (χ1v) is 9.75. The van der Waals surface area contributed by atoms with Crippen molar-refractivity contribution in [2.45, 2.75) is 6.42 Å². The van der Waals surface area contributed by atoms with E-state index in [-0.39, 0.29) is 11.7 Å². The molecule has 1 aliphatic heterocycles. The highest BCUT2D eigenvalue weighted by Crippen LogP contribution is 2.24. The first-order chi connectivity index (χ1) is 12.5. The molecule has 132 valence electrons. The van der Waals surface area contributed by atoms with Crippen LogP contribution in [0.1, 0.15) is 17.5 Å². The van der Waals surface area contributed by atoms with Crippen molar-refractivity contribution >= 4 is 33.4 Å². The van der Waals surface area contributed by atoms with Gasteiger partial charge in [-0.3, -0.25) is 9.10 Å². The minimum absolute atomic E-state index is 0.190. The van der Waals surface area contributed by atoms with Crippen molar-refractivity contribution in [3.05, 3.63) is 65.7 Å². The molecule has 0 atom stereocenters. The molecule has 6 heteroatoms. The van der Waals surface area contributed by atoms with E-state index in [0.29, 0.717) is 29.9 Å². The van der Waals surface area contributed by atoms with Crippen LogP contribution in [0.25, 0.3) is 6.08 Å². The molecule has 1 aliphatic rings. The number of hydrogen-bond donors (Lipinski definition) is 1. The summed E-state index contributed by atoms with van der Waals surface area (Å²) in [5.41, 5.74) is 2.77. The maximum absolute atomic E-state index is 12.0. The van der Waals surface area contributed by atoms with Crippen LogP contribution in [-0.2, 0) is 14.8 Å². The normalized spacial score (nSPS) is 15.7. The zero-order valence-electron chi connectivity index (χ0n) is 14.1. The van der Waals surface area contributed by atoms with Crippen LogP contribution in [-0.4, -0.2) is 26.6 Å². The summed E-state index contributed by atoms with van der Waals surface area (Å²) in [7, 11) is -3.18. The molecule has 2 aromatic rings. The van der Waals surface area contributed by atoms with Crippen LogP contribution >= 0.6 is 0 Å². The summed E-state index contributed by atoms with van der Waals surface area (Å²) in [4.78, 5) is 12.0. The van der Waals surface area contributed by atoms with Crippen molar-refractivity contribution in [2.24, 2.45) is 0 Å². The minimum Gasteiger partial charge on any atom is -0.322 e. The Bertz CT molecular complexity index is 986. The first kappa shape index (κ1) is 17.8. The zero-order valence-corrected chi connectivity index (χ0v) is 14.9. The molecule has 1 heterocycles. The van der Waals surface area contributed by atoms with Gasteiger partial charge in [-0.05, 0) is 48.4 Å². The van der Waals surface area contributed by atoms with E-state index >= 15 is 0 Å². The second kappa shape index (κ2) is 7.46. The van der Waals surface area contributed by atoms with Gasteiger partial charge in [0.1, 0.15) is 0 Å². The van der Waals surface area contributed by atoms with Crippen LogP contribution in [0.2, 0.25) is 0 Å². The molecule has 0 unspecified atom stereocenters. The Balaban J connectivity index is 1.65. The Kier molecular flexibility index (Phi) is 5.10. The molecule has 5 nitrogen and oxygen atoms in total. The molecule has 0 spiro atoms. The fraction of sp³-hybridized carbons (Fsp3) is 0.150. The van der Waals surface area contributed by atoms with Gasteiger partial charge in [0, 0.05) is 23.9 Å². The average Bonchev–Trinajstić information content (AvgIpc) is 3.00. The maximum atomic E-state index is 12.0. The molecule has 0 aromatic heterocycles. The van der Waals surface area contributed by atoms with Gasteiger partial charge in [-0.25, -0.2) is 8.42 Å². The highest BCUT2D eigenvalue weighted by molar-refractivity contribution is 7.93. The zero-order chi connectivity index (χ0) is 18.6. The van der Waals surface area contributed by atoms with E-state index in [1.165, 1.54) is 10.4 Å². The van der Waals surface area contributed by atoms with Gasteiger partial charge in [-0.1, -0.05) is 24.1 Å². The summed E-state index contributed by atoms with van der Waals surface area (Å²) in [5.74, 6) is 2.43. The number of hydrogen-bond acceptors (Lipinski definition) is 3. The van der Waals surface area contributed by atoms with E-state index in [0.717, 1.165) is 5.56 Å². The summed E-state index contributed by atoms with van der Waals surface area (Å²) in [5, 5.41) is 2.74. The first-order valence-electron chi connectivity index (χ1n) is 8.14. The van der Waals surface area contributed by atoms with Gasteiger partial charge >= 0.3 is 0 Å². The summed E-state index contributed by atoms with van der Waals surface area (Å²) in [6.45, 7) is 0.511. The largest absolute Gasteiger partial charge is 0.322 e. The van der Waals surface area contributed by atoms with E-state index in [4.69, 9.17) is 6.42 Å². The van der Waals surface area contributed by atoms with E-state index < -0.39 is 10.0 Å². The Morgan fingerprint density at radius 3 is 2.62 bits per heavy atom. The second-order valence-electron chi connectivity index (χ2n) is 5.88. The number of rotatable bonds is 4. The number of anilines is 2. The van der Waals surface area contributed by atoms with Crippen LogP contribution < -0.4 is 9.62 Å². The number of nitrogens with one attached hydrogen (secondary N) is 1. The van der Waals surface area contributed by atoms with Gasteiger partial charge < -0.3 is 5.32 Å². The third kappa shape index (κ3) is 4.13. The third-order valence-electron chi connectivity index (χ3n) is 4.00. The average molecular weight is 366 g/mol. The molecule has 2 aromatic carbocycles. The number of carbonyl (C=O) groups is 1. The van der Waals surface area contributed by atoms with Gasteiger partial charge in [0.25, 0.3) is 0 Å². The molecule has 0 bridgehead atoms. The fourth-order valence-corrected chi connectivity index (χ4v) is 4.29. The van der Waals surface area contributed by atoms with E-state index in [9.17, 15) is 13.2 Å². The van der Waals surface area contributed by atoms with Gasteiger partial charge in [0.15, 0.2) is 0 Å². The van der Waals surface area contributed by atoms with E-state index in [1.54, 1.807) is 54.6 Å². The lowest BCUT2D eigenvalue weighted by Crippen LogP contribution is -2.24. The van der Waals surface area contributed by atoms with Crippen LogP contribution in [0.4, 0.5) is 11.4 Å². The number of benzene rings is 2. The van der Waals surface area contributed by atoms with Crippen molar-refractivity contribution < 1.29 is 13.2 Å². The summed E-state index contributed by atoms with van der Waals surface area (Å²) in [6.07, 6.45) is 9.07. The van der Waals surface area contributed by atoms with Gasteiger partial charge in [0.2, 0.25) is 15.9 Å². The van der Waals surface area contributed by atoms with Crippen molar-refractivity contribution in [1.82, 2.24) is 0 Å². The Labute approximate surface area is 153 Å². The topological polar surface area (TPSA) is 66.5 Å². The molecule has 0 saturated carbocycles. The van der Waals surface area contributed by atoms with Gasteiger partial charge in [0.05, 0.1) is 11.4 Å². The monoisotopic (exact) mass is 366 g/mol. The molecular formula is C20H18N2O3S. The third-order valence-corrected chi connectivity index (χ3v) is 5.87. The molecule has 0 aliphatic carbocycles. The van der Waals surface area contributed by atoms with Crippen molar-refractivity contribution in [1.29, 1.82) is 0 Å². The molecule has 3 rings (SSSR count). The van der Waals surface area contributed by atoms with E-state index in [1.807, 2.05) is 0 Å². The molecule has 1 amide bonds. The fourth-order valence-electron chi connectivity index (χ4n) is 2.72. The summed E-state index contributed by atoms with van der Waals surface area (Å²) >= 11 is 0. The lowest BCUT2D eigenvalue weighted by Gasteiger charge is -2.16. The van der Waals surface area contributed by atoms with Crippen molar-refractivity contribution in [2.75, 3.05) is 21.9 Å². The van der Waals surface area contributed by atoms with Crippen LogP contribution in [0.3, 0.4) is 0 Å². The van der Waals surface area contributed by atoms with Gasteiger partial charge in [-0.15, -0.1) is 6.42 Å². The van der Waals surface area contributed by atoms with Gasteiger partial charge in [-0.2, -0.15) is 0 Å². The SMILES string of the molecule is C#Cc1cccc(NC(=O)/C=C/c2ccc(N3CCCS3(=O)=O)cc2)c1. The van der Waals surface area contributed by atoms with Crippen LogP contribution in [0.15, 0.2) is 54.6 Å². The standard InChI is InChI=1S/C20H18N2O3S/c1-2-16-5-3-6-18(15-16)21-20(23)12-9-17-7-10-19(11-8-17)22-13-4-14-26(22,24)25/h1,3,5-12,15H,4,13-14H2,(H,21,23)/b12-9+. The maximum Gasteiger partial charge on any atom is 0.248 e. The summed E-state index contributed by atoms with van der Waals surface area (Å²) < 4.78 is 25.3. The van der Waals surface area contributed by atoms with Crippen LogP contribution in [0, 0.1) is 12.3 Å². The number of carbonyl (C=O) groups excluding carboxylic acids is 1. The predicted molar refractivity (Wildman–Crippen MR) is 104 cm³/mol. The smallest absolute Gasteiger partial charge is 0.248 e. The summed E-state index contributed by atoms with van der Waals surface area (Å²) in [6, 6.07) is 14.1. The molecule has 1 fully saturated rings. The number of terminal acetylenes is 1. The predicted octanol–water partition coefficient (Wildman–Crippen LogP) is 2.86. The molecule has 1 saturated heterocycles. The Hall–Kier alpha value is -3.04. The molecule has 1 N–H and O–H groups in total. The highest BCUT2D eigenvalue weighted by atomic mass is 32.2. The number of amides is 1. The molecule has 0 radical (unpaired) electrons. The lowest BCUT2D eigenvalue weighted by atomic mass is 10.2. The molecular weight excluding hydrogens is 348 g/mol. The van der Waals surface area contributed by atoms with Crippen molar-refractivity contribution in [3.8, 4) is 12.3 Å². The van der Waals surface area contributed by atoms with Crippen molar-refractivity contribution in [3.63, 3.8) is 0 Å². The Morgan fingerprint density at radius 1 is 1.19 bits per heavy atom. The second-order valence-corrected chi connectivity index (χ2v) is 7.89. The van der Waals surface area contributed by atoms with E-state index in [2.05, 4.69) is 11.2 Å². The van der Waals surface area contributed by atoms with Crippen LogP contribution in [0.5, 0.6) is 0 Å². The number of nitrogens with zero attached hydrogens (tertiary/aromatic N) is 1. The lowest BCUT2D eigenvalue weighted by molar-refractivity contribution is -0.111. The quantitative estimate of drug-likeness (QED) is 0.668.